The summed E-state index contributed by atoms with van der Waals surface area (Å²) >= 11 is 3.35. The lowest BCUT2D eigenvalue weighted by Gasteiger charge is -1.99. The van der Waals surface area contributed by atoms with Crippen molar-refractivity contribution in [1.29, 1.82) is 0 Å². The molecule has 116 valence electrons. The predicted octanol–water partition coefficient (Wildman–Crippen LogP) is 5.05. The summed E-state index contributed by atoms with van der Waals surface area (Å²) in [7, 11) is 0. The lowest BCUT2D eigenvalue weighted by atomic mass is 10.1. The monoisotopic (exact) mass is 368 g/mol. The molecule has 0 radical (unpaired) electrons. The molecule has 0 bridgehead atoms. The number of hydrogen-bond acceptors (Lipinski definition) is 2. The summed E-state index contributed by atoms with van der Waals surface area (Å²) in [6, 6.07) is 11.9. The Bertz CT molecular complexity index is 847. The van der Waals surface area contributed by atoms with Gasteiger partial charge in [-0.15, -0.1) is 0 Å². The molecule has 4 rings (SSSR count). The number of Topliss-reactive ketones (excluding diaryl/α,β-unsaturated/α-hetero) is 1. The molecule has 2 nitrogen and oxygen atoms in total. The number of ketones is 2. The smallest absolute Gasteiger partial charge is 0.187 e. The second-order valence-electron chi connectivity index (χ2n) is 5.99. The van der Waals surface area contributed by atoms with Crippen molar-refractivity contribution < 1.29 is 9.59 Å². The van der Waals surface area contributed by atoms with Crippen molar-refractivity contribution in [2.45, 2.75) is 26.7 Å². The van der Waals surface area contributed by atoms with E-state index in [9.17, 15) is 9.59 Å². The highest BCUT2D eigenvalue weighted by atomic mass is 79.9. The lowest BCUT2D eigenvalue weighted by molar-refractivity contribution is 0.0993. The third kappa shape index (κ3) is 3.20. The molecule has 2 aliphatic rings. The number of halogens is 1. The van der Waals surface area contributed by atoms with Crippen molar-refractivity contribution >= 4 is 32.0 Å². The average Bonchev–Trinajstić information content (AvgIpc) is 3.00. The van der Waals surface area contributed by atoms with E-state index < -0.39 is 0 Å². The van der Waals surface area contributed by atoms with Gasteiger partial charge in [-0.1, -0.05) is 63.5 Å². The molecule has 0 heterocycles. The largest absolute Gasteiger partial charge is 0.294 e. The van der Waals surface area contributed by atoms with Crippen LogP contribution in [0.15, 0.2) is 42.5 Å². The zero-order chi connectivity index (χ0) is 16.6. The number of rotatable bonds is 0. The van der Waals surface area contributed by atoms with Gasteiger partial charge in [-0.3, -0.25) is 9.59 Å². The number of carbonyl (C=O) groups is 2. The van der Waals surface area contributed by atoms with Gasteiger partial charge < -0.3 is 0 Å². The van der Waals surface area contributed by atoms with Gasteiger partial charge in [0.25, 0.3) is 0 Å². The van der Waals surface area contributed by atoms with E-state index in [1.807, 2.05) is 37.3 Å². The van der Waals surface area contributed by atoms with Crippen molar-refractivity contribution in [2.24, 2.45) is 0 Å². The Morgan fingerprint density at radius 2 is 1.48 bits per heavy atom. The van der Waals surface area contributed by atoms with E-state index in [-0.39, 0.29) is 5.78 Å². The maximum Gasteiger partial charge on any atom is 0.187 e. The maximum atomic E-state index is 11.3. The van der Waals surface area contributed by atoms with Gasteiger partial charge in [0.05, 0.1) is 0 Å². The molecule has 0 saturated carbocycles. The summed E-state index contributed by atoms with van der Waals surface area (Å²) in [5.74, 6) is 0.400. The number of aryl methyl sites for hydroxylation is 3. The summed E-state index contributed by atoms with van der Waals surface area (Å²) in [6.45, 7) is 4.08. The van der Waals surface area contributed by atoms with Crippen LogP contribution in [0.25, 0.3) is 4.48 Å². The molecule has 0 unspecified atom stereocenters. The first-order valence-corrected chi connectivity index (χ1v) is 8.40. The fourth-order valence-corrected chi connectivity index (χ4v) is 3.46. The molecule has 0 saturated heterocycles. The van der Waals surface area contributed by atoms with Gasteiger partial charge in [0.2, 0.25) is 0 Å². The molecular formula is C20H17BrO2. The number of carbonyl (C=O) groups excluding carboxylic acids is 2. The van der Waals surface area contributed by atoms with E-state index in [4.69, 9.17) is 0 Å². The molecule has 0 aromatic heterocycles. The minimum atomic E-state index is 0.0943. The van der Waals surface area contributed by atoms with Gasteiger partial charge in [-0.2, -0.15) is 0 Å². The number of hydrogen-bond donors (Lipinski definition) is 0. The standard InChI is InChI=1S/C10H7BrO.C10H10O/c1-6-2-3-7-8(4-6)9(11)5-10(7)12;1-7-2-4-9-8(6-7)3-5-10(9)11/h2-5H,1H3;2,4,6H,3,5H2,1H3. The van der Waals surface area contributed by atoms with Crippen LogP contribution in [0.5, 0.6) is 0 Å². The Morgan fingerprint density at radius 1 is 0.826 bits per heavy atom. The molecule has 0 amide bonds. The molecule has 2 aromatic carbocycles. The number of benzene rings is 2. The summed E-state index contributed by atoms with van der Waals surface area (Å²) in [5.41, 5.74) is 6.41. The number of fused-ring (bicyclic) bond motifs is 2. The van der Waals surface area contributed by atoms with Crippen LogP contribution in [0.1, 0.15) is 49.4 Å². The van der Waals surface area contributed by atoms with E-state index in [0.29, 0.717) is 12.2 Å². The first kappa shape index (κ1) is 15.9. The fraction of sp³-hybridized carbons (Fsp3) is 0.200. The predicted molar refractivity (Wildman–Crippen MR) is 96.2 cm³/mol. The van der Waals surface area contributed by atoms with Crippen LogP contribution in [0.4, 0.5) is 0 Å². The molecule has 0 spiro atoms. The van der Waals surface area contributed by atoms with Gasteiger partial charge in [-0.25, -0.2) is 0 Å². The highest BCUT2D eigenvalue weighted by molar-refractivity contribution is 9.15. The van der Waals surface area contributed by atoms with Crippen molar-refractivity contribution in [3.63, 3.8) is 0 Å². The Kier molecular flexibility index (Phi) is 4.31. The van der Waals surface area contributed by atoms with E-state index >= 15 is 0 Å². The summed E-state index contributed by atoms with van der Waals surface area (Å²) < 4.78 is 0.895. The molecule has 0 N–H and O–H groups in total. The molecule has 0 aliphatic heterocycles. The Hall–Kier alpha value is -2.00. The molecule has 2 aliphatic carbocycles. The van der Waals surface area contributed by atoms with Crippen molar-refractivity contribution in [2.75, 3.05) is 0 Å². The third-order valence-electron chi connectivity index (χ3n) is 4.14. The minimum Gasteiger partial charge on any atom is -0.294 e. The van der Waals surface area contributed by atoms with Crippen LogP contribution in [-0.2, 0) is 6.42 Å². The normalized spacial score (nSPS) is 14.8. The van der Waals surface area contributed by atoms with Crippen LogP contribution >= 0.6 is 15.9 Å². The quantitative estimate of drug-likeness (QED) is 0.651. The highest BCUT2D eigenvalue weighted by Crippen LogP contribution is 2.32. The van der Waals surface area contributed by atoms with Crippen LogP contribution in [0, 0.1) is 13.8 Å². The van der Waals surface area contributed by atoms with E-state index in [1.54, 1.807) is 6.08 Å². The zero-order valence-corrected chi connectivity index (χ0v) is 14.7. The summed E-state index contributed by atoms with van der Waals surface area (Å²) in [5, 5.41) is 0. The molecular weight excluding hydrogens is 352 g/mol. The molecule has 0 atom stereocenters. The molecule has 3 heteroatoms. The average molecular weight is 369 g/mol. The second-order valence-corrected chi connectivity index (χ2v) is 6.84. The van der Waals surface area contributed by atoms with Gasteiger partial charge in [0.1, 0.15) is 0 Å². The van der Waals surface area contributed by atoms with Crippen LogP contribution in [0.3, 0.4) is 0 Å². The van der Waals surface area contributed by atoms with Gasteiger partial charge >= 0.3 is 0 Å². The lowest BCUT2D eigenvalue weighted by Crippen LogP contribution is -1.90. The first-order valence-electron chi connectivity index (χ1n) is 7.61. The van der Waals surface area contributed by atoms with Crippen LogP contribution in [-0.4, -0.2) is 11.6 Å². The Morgan fingerprint density at radius 3 is 2.22 bits per heavy atom. The SMILES string of the molecule is Cc1ccc2c(c1)C(Br)=CC2=O.Cc1ccc2c(c1)CCC2=O. The van der Waals surface area contributed by atoms with Gasteiger partial charge in [0.15, 0.2) is 11.6 Å². The molecule has 0 fully saturated rings. The molecule has 23 heavy (non-hydrogen) atoms. The number of allylic oxidation sites excluding steroid dienone is 1. The van der Waals surface area contributed by atoms with Crippen LogP contribution in [0.2, 0.25) is 0 Å². The van der Waals surface area contributed by atoms with E-state index in [0.717, 1.165) is 27.6 Å². The Labute approximate surface area is 144 Å². The fourth-order valence-electron chi connectivity index (χ4n) is 2.93. The van der Waals surface area contributed by atoms with Gasteiger partial charge in [0, 0.05) is 33.7 Å². The van der Waals surface area contributed by atoms with Crippen molar-refractivity contribution in [1.82, 2.24) is 0 Å². The zero-order valence-electron chi connectivity index (χ0n) is 13.2. The summed E-state index contributed by atoms with van der Waals surface area (Å²) in [6.07, 6.45) is 3.26. The van der Waals surface area contributed by atoms with Crippen LogP contribution < -0.4 is 0 Å². The maximum absolute atomic E-state index is 11.3. The second kappa shape index (κ2) is 6.25. The summed E-state index contributed by atoms with van der Waals surface area (Å²) in [4.78, 5) is 22.5. The topological polar surface area (TPSA) is 34.1 Å². The van der Waals surface area contributed by atoms with Crippen molar-refractivity contribution in [3.05, 3.63) is 75.9 Å². The van der Waals surface area contributed by atoms with E-state index in [2.05, 4.69) is 28.9 Å². The van der Waals surface area contributed by atoms with Gasteiger partial charge in [-0.05, 0) is 25.8 Å². The first-order chi connectivity index (χ1) is 11.0. The minimum absolute atomic E-state index is 0.0943. The highest BCUT2D eigenvalue weighted by Gasteiger charge is 2.19. The molecule has 2 aromatic rings. The Balaban J connectivity index is 0.000000136. The van der Waals surface area contributed by atoms with Crippen molar-refractivity contribution in [3.8, 4) is 0 Å². The third-order valence-corrected chi connectivity index (χ3v) is 4.79. The van der Waals surface area contributed by atoms with E-state index in [1.165, 1.54) is 16.7 Å².